The van der Waals surface area contributed by atoms with Gasteiger partial charge in [-0.05, 0) is 43.4 Å². The quantitative estimate of drug-likeness (QED) is 0.923. The maximum absolute atomic E-state index is 11.5. The standard InChI is InChI=1S/C18H21N3O/c22-18-10-17(19-12-20-18)15-6-3-7-21(11-15)16-8-13-4-1-2-5-14(13)9-16/h1-2,4-5,10,12,15-16H,3,6-9,11H2,(H,19,20,22)/t15-/m1/s1. The number of aromatic amines is 1. The Morgan fingerprint density at radius 2 is 1.95 bits per heavy atom. The summed E-state index contributed by atoms with van der Waals surface area (Å²) in [5.41, 5.74) is 3.91. The Bertz CT molecular complexity index is 699. The first kappa shape index (κ1) is 13.7. The van der Waals surface area contributed by atoms with Crippen LogP contribution in [0.25, 0.3) is 0 Å². The summed E-state index contributed by atoms with van der Waals surface area (Å²) in [7, 11) is 0. The number of fused-ring (bicyclic) bond motifs is 1. The molecule has 0 radical (unpaired) electrons. The van der Waals surface area contributed by atoms with Crippen LogP contribution in [0.5, 0.6) is 0 Å². The number of aromatic nitrogens is 2. The fourth-order valence-corrected chi connectivity index (χ4v) is 3.98. The molecule has 2 aliphatic rings. The third-order valence-corrected chi connectivity index (χ3v) is 5.12. The lowest BCUT2D eigenvalue weighted by molar-refractivity contribution is 0.151. The summed E-state index contributed by atoms with van der Waals surface area (Å²) in [6, 6.07) is 11.1. The van der Waals surface area contributed by atoms with Crippen molar-refractivity contribution >= 4 is 0 Å². The summed E-state index contributed by atoms with van der Waals surface area (Å²) in [6.07, 6.45) is 6.16. The second-order valence-corrected chi connectivity index (χ2v) is 6.50. The third-order valence-electron chi connectivity index (χ3n) is 5.12. The first-order chi connectivity index (χ1) is 10.8. The van der Waals surface area contributed by atoms with Crippen LogP contribution < -0.4 is 5.56 Å². The average molecular weight is 295 g/mol. The number of hydrogen-bond acceptors (Lipinski definition) is 3. The topological polar surface area (TPSA) is 49.0 Å². The minimum Gasteiger partial charge on any atom is -0.313 e. The van der Waals surface area contributed by atoms with Crippen molar-refractivity contribution < 1.29 is 0 Å². The summed E-state index contributed by atoms with van der Waals surface area (Å²) in [5.74, 6) is 0.389. The summed E-state index contributed by atoms with van der Waals surface area (Å²) in [4.78, 5) is 21.1. The number of likely N-dealkylation sites (tertiary alicyclic amines) is 1. The Kier molecular flexibility index (Phi) is 3.54. The van der Waals surface area contributed by atoms with Gasteiger partial charge in [0.2, 0.25) is 0 Å². The highest BCUT2D eigenvalue weighted by Gasteiger charge is 2.31. The average Bonchev–Trinajstić information content (AvgIpc) is 2.99. The zero-order chi connectivity index (χ0) is 14.9. The van der Waals surface area contributed by atoms with E-state index in [0.717, 1.165) is 31.5 Å². The van der Waals surface area contributed by atoms with Crippen molar-refractivity contribution in [3.8, 4) is 0 Å². The highest BCUT2D eigenvalue weighted by Crippen LogP contribution is 2.31. The van der Waals surface area contributed by atoms with Gasteiger partial charge in [-0.1, -0.05) is 24.3 Å². The molecule has 1 aromatic heterocycles. The van der Waals surface area contributed by atoms with E-state index in [0.29, 0.717) is 12.0 Å². The van der Waals surface area contributed by atoms with Crippen molar-refractivity contribution in [3.63, 3.8) is 0 Å². The predicted molar refractivity (Wildman–Crippen MR) is 86.0 cm³/mol. The molecule has 1 aliphatic carbocycles. The number of H-pyrrole nitrogens is 1. The van der Waals surface area contributed by atoms with Gasteiger partial charge < -0.3 is 4.98 Å². The molecule has 22 heavy (non-hydrogen) atoms. The highest BCUT2D eigenvalue weighted by molar-refractivity contribution is 5.33. The molecule has 1 fully saturated rings. The fourth-order valence-electron chi connectivity index (χ4n) is 3.98. The summed E-state index contributed by atoms with van der Waals surface area (Å²) >= 11 is 0. The molecule has 4 heteroatoms. The Morgan fingerprint density at radius 3 is 2.68 bits per heavy atom. The zero-order valence-electron chi connectivity index (χ0n) is 12.7. The van der Waals surface area contributed by atoms with Gasteiger partial charge in [0, 0.05) is 24.6 Å². The molecule has 0 unspecified atom stereocenters. The zero-order valence-corrected chi connectivity index (χ0v) is 12.7. The van der Waals surface area contributed by atoms with Gasteiger partial charge in [-0.2, -0.15) is 0 Å². The first-order valence-corrected chi connectivity index (χ1v) is 8.15. The maximum atomic E-state index is 11.5. The van der Waals surface area contributed by atoms with Gasteiger partial charge in [0.25, 0.3) is 5.56 Å². The summed E-state index contributed by atoms with van der Waals surface area (Å²) in [5, 5.41) is 0. The lowest BCUT2D eigenvalue weighted by Gasteiger charge is -2.36. The van der Waals surface area contributed by atoms with Crippen molar-refractivity contribution in [3.05, 3.63) is 63.8 Å². The lowest BCUT2D eigenvalue weighted by atomic mass is 9.93. The van der Waals surface area contributed by atoms with Crippen LogP contribution in [0.4, 0.5) is 0 Å². The first-order valence-electron chi connectivity index (χ1n) is 8.15. The van der Waals surface area contributed by atoms with E-state index in [1.54, 1.807) is 6.07 Å². The monoisotopic (exact) mass is 295 g/mol. The van der Waals surface area contributed by atoms with Gasteiger partial charge in [-0.25, -0.2) is 4.98 Å². The Balaban J connectivity index is 1.49. The number of benzene rings is 1. The van der Waals surface area contributed by atoms with Gasteiger partial charge in [-0.3, -0.25) is 9.69 Å². The number of hydrogen-bond donors (Lipinski definition) is 1. The molecule has 114 valence electrons. The molecule has 4 nitrogen and oxygen atoms in total. The lowest BCUT2D eigenvalue weighted by Crippen LogP contribution is -2.42. The molecule has 1 aromatic carbocycles. The number of nitrogens with one attached hydrogen (secondary N) is 1. The van der Waals surface area contributed by atoms with Crippen LogP contribution in [0.15, 0.2) is 41.5 Å². The molecule has 2 heterocycles. The van der Waals surface area contributed by atoms with Crippen molar-refractivity contribution in [2.45, 2.75) is 37.6 Å². The van der Waals surface area contributed by atoms with E-state index in [-0.39, 0.29) is 5.56 Å². The van der Waals surface area contributed by atoms with Crippen molar-refractivity contribution in [2.75, 3.05) is 13.1 Å². The third kappa shape index (κ3) is 2.59. The van der Waals surface area contributed by atoms with Crippen LogP contribution >= 0.6 is 0 Å². The number of piperidine rings is 1. The minimum absolute atomic E-state index is 0.0459. The van der Waals surface area contributed by atoms with Gasteiger partial charge in [0.05, 0.1) is 12.0 Å². The second-order valence-electron chi connectivity index (χ2n) is 6.50. The highest BCUT2D eigenvalue weighted by atomic mass is 16.1. The molecule has 1 aliphatic heterocycles. The van der Waals surface area contributed by atoms with Crippen LogP contribution in [0.2, 0.25) is 0 Å². The second kappa shape index (κ2) is 5.69. The fraction of sp³-hybridized carbons (Fsp3) is 0.444. The van der Waals surface area contributed by atoms with Crippen LogP contribution in [0, 0.1) is 0 Å². The Labute approximate surface area is 130 Å². The van der Waals surface area contributed by atoms with Gasteiger partial charge in [-0.15, -0.1) is 0 Å². The van der Waals surface area contributed by atoms with Crippen molar-refractivity contribution in [1.82, 2.24) is 14.9 Å². The molecule has 0 amide bonds. The number of rotatable bonds is 2. The molecular weight excluding hydrogens is 274 g/mol. The van der Waals surface area contributed by atoms with E-state index in [1.165, 1.54) is 30.4 Å². The minimum atomic E-state index is -0.0459. The smallest absolute Gasteiger partial charge is 0.250 e. The van der Waals surface area contributed by atoms with Crippen molar-refractivity contribution in [2.24, 2.45) is 0 Å². The van der Waals surface area contributed by atoms with Gasteiger partial charge in [0.15, 0.2) is 0 Å². The van der Waals surface area contributed by atoms with E-state index in [9.17, 15) is 4.79 Å². The normalized spacial score (nSPS) is 22.6. The van der Waals surface area contributed by atoms with Crippen LogP contribution in [-0.4, -0.2) is 34.0 Å². The SMILES string of the molecule is O=c1cc([C@@H]2CCCN(C3Cc4ccccc4C3)C2)nc[nH]1. The molecule has 1 saturated heterocycles. The van der Waals surface area contributed by atoms with E-state index >= 15 is 0 Å². The molecule has 0 spiro atoms. The molecule has 0 saturated carbocycles. The van der Waals surface area contributed by atoms with Gasteiger partial charge >= 0.3 is 0 Å². The largest absolute Gasteiger partial charge is 0.313 e. The van der Waals surface area contributed by atoms with E-state index in [4.69, 9.17) is 0 Å². The molecule has 4 rings (SSSR count). The molecule has 1 atom stereocenters. The maximum Gasteiger partial charge on any atom is 0.250 e. The van der Waals surface area contributed by atoms with E-state index in [1.807, 2.05) is 0 Å². The number of nitrogens with zero attached hydrogens (tertiary/aromatic N) is 2. The van der Waals surface area contributed by atoms with Crippen LogP contribution in [0.3, 0.4) is 0 Å². The predicted octanol–water partition coefficient (Wildman–Crippen LogP) is 2.12. The molecule has 2 aromatic rings. The van der Waals surface area contributed by atoms with Gasteiger partial charge in [0.1, 0.15) is 0 Å². The van der Waals surface area contributed by atoms with E-state index < -0.39 is 0 Å². The molecular formula is C18H21N3O. The van der Waals surface area contributed by atoms with Crippen LogP contribution in [0.1, 0.15) is 35.6 Å². The molecule has 1 N–H and O–H groups in total. The summed E-state index contributed by atoms with van der Waals surface area (Å²) < 4.78 is 0. The summed E-state index contributed by atoms with van der Waals surface area (Å²) in [6.45, 7) is 2.19. The Morgan fingerprint density at radius 1 is 1.18 bits per heavy atom. The van der Waals surface area contributed by atoms with Crippen molar-refractivity contribution in [1.29, 1.82) is 0 Å². The van der Waals surface area contributed by atoms with Crippen LogP contribution in [-0.2, 0) is 12.8 Å². The Hall–Kier alpha value is -1.94. The van der Waals surface area contributed by atoms with E-state index in [2.05, 4.69) is 39.1 Å². The molecule has 0 bridgehead atoms.